The Morgan fingerprint density at radius 2 is 1.64 bits per heavy atom. The van der Waals surface area contributed by atoms with Gasteiger partial charge in [-0.3, -0.25) is 0 Å². The molecule has 1 aliphatic rings. The second-order valence-corrected chi connectivity index (χ2v) is 7.55. The van der Waals surface area contributed by atoms with E-state index >= 15 is 0 Å². The molecule has 3 aromatic carbocycles. The van der Waals surface area contributed by atoms with Crippen LogP contribution in [0.15, 0.2) is 84.6 Å². The van der Waals surface area contributed by atoms with Gasteiger partial charge in [0, 0.05) is 17.2 Å². The Kier molecular flexibility index (Phi) is 4.01. The highest BCUT2D eigenvalue weighted by Gasteiger charge is 2.27. The van der Waals surface area contributed by atoms with E-state index in [1.165, 1.54) is 33.2 Å². The minimum absolute atomic E-state index is 0.213. The molecule has 0 aliphatic carbocycles. The Hall–Kier alpha value is -3.33. The maximum absolute atomic E-state index is 4.88. The number of allylic oxidation sites excluding steroid dienone is 2. The standard InChI is InChI=1S/C25H23N3/c1-17-14-23(22-13-12-20-10-6-7-11-21(20)15-22)24-18(2)27-28(25(24)26-17)16-19-8-4-3-5-9-19/h3-15,23,26H,16H2,1-2H3. The van der Waals surface area contributed by atoms with E-state index in [4.69, 9.17) is 5.10 Å². The van der Waals surface area contributed by atoms with Gasteiger partial charge < -0.3 is 5.32 Å². The fourth-order valence-electron chi connectivity index (χ4n) is 4.20. The summed E-state index contributed by atoms with van der Waals surface area (Å²) in [6, 6.07) is 25.8. The number of nitrogens with one attached hydrogen (secondary N) is 1. The summed E-state index contributed by atoms with van der Waals surface area (Å²) in [5.74, 6) is 1.32. The second-order valence-electron chi connectivity index (χ2n) is 7.55. The number of aryl methyl sites for hydroxylation is 1. The molecule has 1 atom stereocenters. The molecular weight excluding hydrogens is 342 g/mol. The van der Waals surface area contributed by atoms with Crippen molar-refractivity contribution in [3.05, 3.63) is 107 Å². The van der Waals surface area contributed by atoms with Gasteiger partial charge in [0.25, 0.3) is 0 Å². The number of benzene rings is 3. The van der Waals surface area contributed by atoms with E-state index in [0.29, 0.717) is 0 Å². The smallest absolute Gasteiger partial charge is 0.133 e. The fraction of sp³-hybridized carbons (Fsp3) is 0.160. The quantitative estimate of drug-likeness (QED) is 0.493. The van der Waals surface area contributed by atoms with Crippen LogP contribution in [0.3, 0.4) is 0 Å². The fourth-order valence-corrected chi connectivity index (χ4v) is 4.20. The van der Waals surface area contributed by atoms with Gasteiger partial charge in [-0.25, -0.2) is 4.68 Å². The number of hydrogen-bond acceptors (Lipinski definition) is 2. The molecule has 5 rings (SSSR count). The zero-order valence-corrected chi connectivity index (χ0v) is 16.2. The van der Waals surface area contributed by atoms with Crippen LogP contribution >= 0.6 is 0 Å². The normalized spacial score (nSPS) is 15.8. The summed E-state index contributed by atoms with van der Waals surface area (Å²) in [6.07, 6.45) is 2.31. The number of fused-ring (bicyclic) bond motifs is 2. The first-order valence-corrected chi connectivity index (χ1v) is 9.74. The van der Waals surface area contributed by atoms with Gasteiger partial charge in [0.2, 0.25) is 0 Å². The lowest BCUT2D eigenvalue weighted by Crippen LogP contribution is -2.15. The van der Waals surface area contributed by atoms with Gasteiger partial charge in [-0.15, -0.1) is 0 Å². The summed E-state index contributed by atoms with van der Waals surface area (Å²) < 4.78 is 2.10. The van der Waals surface area contributed by atoms with Crippen molar-refractivity contribution in [2.45, 2.75) is 26.3 Å². The summed E-state index contributed by atoms with van der Waals surface area (Å²) in [4.78, 5) is 0. The minimum Gasteiger partial charge on any atom is -0.344 e. The second kappa shape index (κ2) is 6.68. The van der Waals surface area contributed by atoms with E-state index in [9.17, 15) is 0 Å². The first-order valence-electron chi connectivity index (χ1n) is 9.74. The van der Waals surface area contributed by atoms with Crippen LogP contribution in [0.5, 0.6) is 0 Å². The lowest BCUT2D eigenvalue weighted by atomic mass is 9.87. The van der Waals surface area contributed by atoms with Gasteiger partial charge >= 0.3 is 0 Å². The topological polar surface area (TPSA) is 29.9 Å². The van der Waals surface area contributed by atoms with Crippen molar-refractivity contribution < 1.29 is 0 Å². The number of anilines is 1. The average Bonchev–Trinajstić information content (AvgIpc) is 3.03. The summed E-state index contributed by atoms with van der Waals surface area (Å²) in [5, 5.41) is 11.0. The molecule has 4 aromatic rings. The highest BCUT2D eigenvalue weighted by atomic mass is 15.3. The van der Waals surface area contributed by atoms with Gasteiger partial charge in [0.05, 0.1) is 12.2 Å². The van der Waals surface area contributed by atoms with E-state index in [1.54, 1.807) is 0 Å². The molecular formula is C25H23N3. The third-order valence-electron chi connectivity index (χ3n) is 5.52. The van der Waals surface area contributed by atoms with Crippen molar-refractivity contribution in [2.75, 3.05) is 5.32 Å². The SMILES string of the molecule is CC1=CC(c2ccc3ccccc3c2)c2c(C)nn(Cc3ccccc3)c2N1. The van der Waals surface area contributed by atoms with Gasteiger partial charge in [-0.1, -0.05) is 78.9 Å². The van der Waals surface area contributed by atoms with Crippen LogP contribution in [-0.2, 0) is 6.54 Å². The summed E-state index contributed by atoms with van der Waals surface area (Å²) in [6.45, 7) is 5.01. The molecule has 0 fully saturated rings. The van der Waals surface area contributed by atoms with Crippen molar-refractivity contribution in [2.24, 2.45) is 0 Å². The molecule has 28 heavy (non-hydrogen) atoms. The zero-order valence-electron chi connectivity index (χ0n) is 16.2. The van der Waals surface area contributed by atoms with E-state index < -0.39 is 0 Å². The molecule has 0 spiro atoms. The Labute approximate surface area is 165 Å². The maximum Gasteiger partial charge on any atom is 0.133 e. The molecule has 138 valence electrons. The molecule has 2 heterocycles. The average molecular weight is 365 g/mol. The predicted molar refractivity (Wildman–Crippen MR) is 116 cm³/mol. The molecule has 0 bridgehead atoms. The molecule has 1 aliphatic heterocycles. The third kappa shape index (κ3) is 2.89. The van der Waals surface area contributed by atoms with Crippen molar-refractivity contribution in [1.82, 2.24) is 9.78 Å². The van der Waals surface area contributed by atoms with E-state index in [2.05, 4.69) is 96.7 Å². The van der Waals surface area contributed by atoms with Crippen LogP contribution in [0.4, 0.5) is 5.82 Å². The van der Waals surface area contributed by atoms with Gasteiger partial charge in [-0.05, 0) is 35.7 Å². The maximum atomic E-state index is 4.88. The Morgan fingerprint density at radius 3 is 2.46 bits per heavy atom. The molecule has 3 nitrogen and oxygen atoms in total. The number of nitrogens with zero attached hydrogens (tertiary/aromatic N) is 2. The van der Waals surface area contributed by atoms with Crippen molar-refractivity contribution in [3.8, 4) is 0 Å². The monoisotopic (exact) mass is 365 g/mol. The van der Waals surface area contributed by atoms with Crippen LogP contribution in [0.2, 0.25) is 0 Å². The molecule has 1 unspecified atom stereocenters. The molecule has 1 N–H and O–H groups in total. The summed E-state index contributed by atoms with van der Waals surface area (Å²) in [5.41, 5.74) is 6.09. The summed E-state index contributed by atoms with van der Waals surface area (Å²) >= 11 is 0. The van der Waals surface area contributed by atoms with Gasteiger partial charge in [0.15, 0.2) is 0 Å². The number of hydrogen-bond donors (Lipinski definition) is 1. The first-order chi connectivity index (χ1) is 13.7. The summed E-state index contributed by atoms with van der Waals surface area (Å²) in [7, 11) is 0. The van der Waals surface area contributed by atoms with E-state index in [-0.39, 0.29) is 5.92 Å². The molecule has 0 amide bonds. The molecule has 0 saturated carbocycles. The van der Waals surface area contributed by atoms with Crippen molar-refractivity contribution in [1.29, 1.82) is 0 Å². The number of rotatable bonds is 3. The molecule has 1 aromatic heterocycles. The lowest BCUT2D eigenvalue weighted by Gasteiger charge is -2.24. The van der Waals surface area contributed by atoms with Crippen LogP contribution in [0.25, 0.3) is 10.8 Å². The Balaban J connectivity index is 1.60. The minimum atomic E-state index is 0.213. The van der Waals surface area contributed by atoms with Crippen LogP contribution < -0.4 is 5.32 Å². The highest BCUT2D eigenvalue weighted by molar-refractivity contribution is 5.83. The molecule has 3 heteroatoms. The molecule has 0 radical (unpaired) electrons. The Morgan fingerprint density at radius 1 is 0.893 bits per heavy atom. The van der Waals surface area contributed by atoms with Crippen molar-refractivity contribution in [3.63, 3.8) is 0 Å². The van der Waals surface area contributed by atoms with E-state index in [1.807, 2.05) is 6.07 Å². The third-order valence-corrected chi connectivity index (χ3v) is 5.52. The largest absolute Gasteiger partial charge is 0.344 e. The van der Waals surface area contributed by atoms with Gasteiger partial charge in [0.1, 0.15) is 5.82 Å². The van der Waals surface area contributed by atoms with Crippen LogP contribution in [0.1, 0.15) is 35.2 Å². The lowest BCUT2D eigenvalue weighted by molar-refractivity contribution is 0.685. The van der Waals surface area contributed by atoms with E-state index in [0.717, 1.165) is 18.1 Å². The molecule has 0 saturated heterocycles. The first kappa shape index (κ1) is 16.8. The van der Waals surface area contributed by atoms with Gasteiger partial charge in [-0.2, -0.15) is 5.10 Å². The zero-order chi connectivity index (χ0) is 19.1. The van der Waals surface area contributed by atoms with Crippen molar-refractivity contribution >= 4 is 16.6 Å². The van der Waals surface area contributed by atoms with Crippen LogP contribution in [0, 0.1) is 6.92 Å². The predicted octanol–water partition coefficient (Wildman–Crippen LogP) is 5.85. The highest BCUT2D eigenvalue weighted by Crippen LogP contribution is 2.39. The van der Waals surface area contributed by atoms with Crippen LogP contribution in [-0.4, -0.2) is 9.78 Å². The number of aromatic nitrogens is 2. The Bertz CT molecular complexity index is 1190.